The van der Waals surface area contributed by atoms with Gasteiger partial charge in [0.15, 0.2) is 17.6 Å². The molecule has 0 fully saturated rings. The van der Waals surface area contributed by atoms with Gasteiger partial charge in [-0.05, 0) is 12.1 Å². The molecule has 29 heavy (non-hydrogen) atoms. The van der Waals surface area contributed by atoms with Crippen molar-refractivity contribution in [3.05, 3.63) is 41.5 Å². The second kappa shape index (κ2) is 8.30. The Hall–Kier alpha value is -3.42. The minimum atomic E-state index is -1.19. The summed E-state index contributed by atoms with van der Waals surface area (Å²) in [6.45, 7) is 1.24. The highest BCUT2D eigenvalue weighted by atomic mass is 16.6. The number of carbonyl (C=O) groups is 2. The highest BCUT2D eigenvalue weighted by Crippen LogP contribution is 2.44. The van der Waals surface area contributed by atoms with Gasteiger partial charge in [-0.25, -0.2) is 0 Å². The number of hydrogen-bond acceptors (Lipinski definition) is 8. The highest BCUT2D eigenvalue weighted by Gasteiger charge is 2.43. The summed E-state index contributed by atoms with van der Waals surface area (Å²) < 4.78 is 32.6. The lowest BCUT2D eigenvalue weighted by molar-refractivity contribution is -0.148. The fraction of sp³-hybridized carbons (Fsp3) is 0.333. The van der Waals surface area contributed by atoms with Crippen molar-refractivity contribution in [2.45, 2.75) is 19.1 Å². The number of benzene rings is 2. The molecule has 0 amide bonds. The van der Waals surface area contributed by atoms with Crippen LogP contribution in [-0.2, 0) is 9.53 Å². The fourth-order valence-corrected chi connectivity index (χ4v) is 3.23. The summed E-state index contributed by atoms with van der Waals surface area (Å²) in [5.41, 5.74) is 0.769. The molecule has 0 bridgehead atoms. The number of fused-ring (bicyclic) bond motifs is 1. The Labute approximate surface area is 168 Å². The Morgan fingerprint density at radius 1 is 0.897 bits per heavy atom. The molecule has 2 aromatic rings. The quantitative estimate of drug-likeness (QED) is 0.682. The first-order valence-corrected chi connectivity index (χ1v) is 8.79. The van der Waals surface area contributed by atoms with Gasteiger partial charge in [0.2, 0.25) is 11.9 Å². The van der Waals surface area contributed by atoms with E-state index in [0.29, 0.717) is 22.8 Å². The molecule has 0 saturated heterocycles. The van der Waals surface area contributed by atoms with Crippen molar-refractivity contribution in [2.24, 2.45) is 0 Å². The first kappa shape index (κ1) is 20.3. The largest absolute Gasteiger partial charge is 0.496 e. The molecule has 0 aliphatic carbocycles. The van der Waals surface area contributed by atoms with E-state index >= 15 is 0 Å². The zero-order valence-electron chi connectivity index (χ0n) is 16.8. The number of carbonyl (C=O) groups excluding carboxylic acids is 2. The number of esters is 1. The van der Waals surface area contributed by atoms with E-state index < -0.39 is 24.0 Å². The number of rotatable bonds is 6. The average molecular weight is 402 g/mol. The molecular weight excluding hydrogens is 380 g/mol. The average Bonchev–Trinajstić information content (AvgIpc) is 2.73. The summed E-state index contributed by atoms with van der Waals surface area (Å²) in [6, 6.07) is 8.25. The third-order valence-electron chi connectivity index (χ3n) is 4.56. The fourth-order valence-electron chi connectivity index (χ4n) is 3.23. The Bertz CT molecular complexity index is 937. The molecule has 2 aromatic carbocycles. The van der Waals surface area contributed by atoms with Crippen LogP contribution in [0.2, 0.25) is 0 Å². The van der Waals surface area contributed by atoms with Crippen LogP contribution < -0.4 is 23.7 Å². The van der Waals surface area contributed by atoms with E-state index in [0.717, 1.165) is 0 Å². The van der Waals surface area contributed by atoms with Crippen molar-refractivity contribution >= 4 is 11.8 Å². The minimum absolute atomic E-state index is 0.191. The Morgan fingerprint density at radius 2 is 1.59 bits per heavy atom. The number of ketones is 1. The van der Waals surface area contributed by atoms with Gasteiger partial charge >= 0.3 is 5.97 Å². The summed E-state index contributed by atoms with van der Waals surface area (Å²) in [6.07, 6.45) is -2.09. The zero-order chi connectivity index (χ0) is 21.1. The van der Waals surface area contributed by atoms with Gasteiger partial charge in [0.1, 0.15) is 22.8 Å². The minimum Gasteiger partial charge on any atom is -0.496 e. The molecule has 154 valence electrons. The van der Waals surface area contributed by atoms with Crippen LogP contribution in [0.5, 0.6) is 28.7 Å². The lowest BCUT2D eigenvalue weighted by Crippen LogP contribution is -2.39. The van der Waals surface area contributed by atoms with Crippen LogP contribution in [0.15, 0.2) is 30.3 Å². The molecule has 0 aromatic heterocycles. The first-order chi connectivity index (χ1) is 13.9. The molecule has 3 rings (SSSR count). The van der Waals surface area contributed by atoms with E-state index in [9.17, 15) is 9.59 Å². The van der Waals surface area contributed by atoms with Gasteiger partial charge in [0.25, 0.3) is 0 Å². The van der Waals surface area contributed by atoms with Gasteiger partial charge in [0.05, 0.1) is 28.4 Å². The number of Topliss-reactive ketones (excluding diaryl/α,β-unsaturated/α-hetero) is 1. The molecule has 1 heterocycles. The van der Waals surface area contributed by atoms with Crippen LogP contribution in [0.4, 0.5) is 0 Å². The SMILES string of the molecule is COc1cc(OC)c2c(c1)OC(c1ccc(OC)c(OC)c1)C(OC(C)=O)C2=O. The van der Waals surface area contributed by atoms with Gasteiger partial charge in [0, 0.05) is 24.6 Å². The molecule has 8 nitrogen and oxygen atoms in total. The molecule has 0 N–H and O–H groups in total. The first-order valence-electron chi connectivity index (χ1n) is 8.79. The second-order valence-electron chi connectivity index (χ2n) is 6.25. The summed E-state index contributed by atoms with van der Waals surface area (Å²) in [7, 11) is 5.96. The van der Waals surface area contributed by atoms with Crippen molar-refractivity contribution in [2.75, 3.05) is 28.4 Å². The molecule has 2 atom stereocenters. The molecule has 0 saturated carbocycles. The highest BCUT2D eigenvalue weighted by molar-refractivity contribution is 6.06. The van der Waals surface area contributed by atoms with E-state index in [1.165, 1.54) is 35.4 Å². The maximum atomic E-state index is 13.3. The molecule has 1 aliphatic heterocycles. The molecule has 0 spiro atoms. The number of ether oxygens (including phenoxy) is 6. The summed E-state index contributed by atoms with van der Waals surface area (Å²) >= 11 is 0. The third-order valence-corrected chi connectivity index (χ3v) is 4.56. The zero-order valence-corrected chi connectivity index (χ0v) is 16.8. The standard InChI is InChI=1S/C21H22O8/c1-11(22)28-21-19(23)18-16(27-5)9-13(24-2)10-17(18)29-20(21)12-6-7-14(25-3)15(8-12)26-4/h6-10,20-21H,1-5H3. The van der Waals surface area contributed by atoms with E-state index in [4.69, 9.17) is 28.4 Å². The van der Waals surface area contributed by atoms with E-state index in [1.54, 1.807) is 30.3 Å². The monoisotopic (exact) mass is 402 g/mol. The van der Waals surface area contributed by atoms with Gasteiger partial charge in [-0.2, -0.15) is 0 Å². The topological polar surface area (TPSA) is 89.5 Å². The van der Waals surface area contributed by atoms with Gasteiger partial charge in [-0.15, -0.1) is 0 Å². The Morgan fingerprint density at radius 3 is 2.17 bits per heavy atom. The van der Waals surface area contributed by atoms with Crippen LogP contribution in [-0.4, -0.2) is 46.3 Å². The van der Waals surface area contributed by atoms with Crippen LogP contribution in [0.25, 0.3) is 0 Å². The van der Waals surface area contributed by atoms with E-state index in [1.807, 2.05) is 0 Å². The van der Waals surface area contributed by atoms with Crippen molar-refractivity contribution < 1.29 is 38.0 Å². The lowest BCUT2D eigenvalue weighted by Gasteiger charge is -2.33. The van der Waals surface area contributed by atoms with Gasteiger partial charge in [-0.3, -0.25) is 9.59 Å². The maximum Gasteiger partial charge on any atom is 0.303 e. The number of methoxy groups -OCH3 is 4. The smallest absolute Gasteiger partial charge is 0.303 e. The van der Waals surface area contributed by atoms with Crippen molar-refractivity contribution in [3.8, 4) is 28.7 Å². The molecule has 8 heteroatoms. The van der Waals surface area contributed by atoms with Crippen molar-refractivity contribution in [1.29, 1.82) is 0 Å². The van der Waals surface area contributed by atoms with Crippen molar-refractivity contribution in [1.82, 2.24) is 0 Å². The lowest BCUT2D eigenvalue weighted by atomic mass is 9.92. The van der Waals surface area contributed by atoms with Gasteiger partial charge in [-0.1, -0.05) is 6.07 Å². The third kappa shape index (κ3) is 3.78. The maximum absolute atomic E-state index is 13.3. The number of hydrogen-bond donors (Lipinski definition) is 0. The molecule has 0 radical (unpaired) electrons. The van der Waals surface area contributed by atoms with E-state index in [-0.39, 0.29) is 17.1 Å². The van der Waals surface area contributed by atoms with Crippen LogP contribution in [0, 0.1) is 0 Å². The predicted octanol–water partition coefficient (Wildman–Crippen LogP) is 2.97. The molecule has 1 aliphatic rings. The summed E-state index contributed by atoms with van der Waals surface area (Å²) in [4.78, 5) is 25.0. The Kier molecular flexibility index (Phi) is 5.81. The summed E-state index contributed by atoms with van der Waals surface area (Å²) in [5.74, 6) is 0.948. The van der Waals surface area contributed by atoms with Crippen LogP contribution in [0.1, 0.15) is 28.9 Å². The second-order valence-corrected chi connectivity index (χ2v) is 6.25. The Balaban J connectivity index is 2.14. The van der Waals surface area contributed by atoms with Crippen LogP contribution in [0.3, 0.4) is 0 Å². The normalized spacial score (nSPS) is 17.6. The predicted molar refractivity (Wildman–Crippen MR) is 102 cm³/mol. The molecule has 2 unspecified atom stereocenters. The van der Waals surface area contributed by atoms with Crippen molar-refractivity contribution in [3.63, 3.8) is 0 Å². The van der Waals surface area contributed by atoms with Crippen LogP contribution >= 0.6 is 0 Å². The molecular formula is C21H22O8. The van der Waals surface area contributed by atoms with E-state index in [2.05, 4.69) is 0 Å². The van der Waals surface area contributed by atoms with Gasteiger partial charge < -0.3 is 28.4 Å². The summed E-state index contributed by atoms with van der Waals surface area (Å²) in [5, 5.41) is 0.